The first-order valence-corrected chi connectivity index (χ1v) is 6.66. The van der Waals surface area contributed by atoms with Gasteiger partial charge in [-0.15, -0.1) is 0 Å². The van der Waals surface area contributed by atoms with Crippen molar-refractivity contribution in [3.05, 3.63) is 71.4 Å². The van der Waals surface area contributed by atoms with Crippen molar-refractivity contribution in [2.75, 3.05) is 5.32 Å². The fourth-order valence-electron chi connectivity index (χ4n) is 2.19. The molecule has 0 saturated heterocycles. The van der Waals surface area contributed by atoms with Crippen LogP contribution in [0.15, 0.2) is 60.3 Å². The molecule has 0 bridgehead atoms. The van der Waals surface area contributed by atoms with Crippen LogP contribution in [0.4, 0.5) is 5.69 Å². The van der Waals surface area contributed by atoms with Crippen LogP contribution in [-0.2, 0) is 4.79 Å². The number of nitrogens with two attached hydrogens (primary N) is 1. The van der Waals surface area contributed by atoms with Gasteiger partial charge in [0.1, 0.15) is 0 Å². The molecule has 2 rings (SSSR count). The van der Waals surface area contributed by atoms with Crippen molar-refractivity contribution in [2.24, 2.45) is 5.73 Å². The number of carbonyl (C=O) groups is 2. The summed E-state index contributed by atoms with van der Waals surface area (Å²) in [6, 6.07) is 15.5. The summed E-state index contributed by atoms with van der Waals surface area (Å²) in [4.78, 5) is 23.0. The van der Waals surface area contributed by atoms with Gasteiger partial charge in [0.05, 0.1) is 16.8 Å². The number of para-hydroxylation sites is 1. The zero-order valence-electron chi connectivity index (χ0n) is 12.0. The Morgan fingerprint density at radius 3 is 2.18 bits per heavy atom. The molecule has 5 heteroatoms. The Labute approximate surface area is 128 Å². The Morgan fingerprint density at radius 2 is 1.59 bits per heavy atom. The Balaban J connectivity index is 2.46. The number of carbonyl (C=O) groups excluding carboxylic acids is 1. The first-order valence-electron chi connectivity index (χ1n) is 6.66. The van der Waals surface area contributed by atoms with Gasteiger partial charge in [-0.05, 0) is 24.6 Å². The van der Waals surface area contributed by atoms with Gasteiger partial charge >= 0.3 is 5.97 Å². The van der Waals surface area contributed by atoms with Gasteiger partial charge in [0, 0.05) is 5.70 Å². The summed E-state index contributed by atoms with van der Waals surface area (Å²) in [7, 11) is 0. The number of anilines is 1. The fraction of sp³-hybridized carbons (Fsp3) is 0.0588. The van der Waals surface area contributed by atoms with Crippen molar-refractivity contribution in [2.45, 2.75) is 6.92 Å². The third-order valence-electron chi connectivity index (χ3n) is 3.16. The third kappa shape index (κ3) is 3.32. The van der Waals surface area contributed by atoms with E-state index < -0.39 is 11.9 Å². The molecule has 0 aliphatic rings. The summed E-state index contributed by atoms with van der Waals surface area (Å²) in [6.07, 6.45) is 0. The number of benzene rings is 2. The number of allylic oxidation sites excluding steroid dienone is 1. The van der Waals surface area contributed by atoms with E-state index in [1.165, 1.54) is 6.07 Å². The molecule has 2 aromatic carbocycles. The highest BCUT2D eigenvalue weighted by Crippen LogP contribution is 2.22. The third-order valence-corrected chi connectivity index (χ3v) is 3.16. The smallest absolute Gasteiger partial charge is 0.337 e. The Morgan fingerprint density at radius 1 is 1.00 bits per heavy atom. The molecule has 112 valence electrons. The molecule has 0 atom stereocenters. The second-order valence-corrected chi connectivity index (χ2v) is 4.71. The van der Waals surface area contributed by atoms with E-state index in [0.29, 0.717) is 22.5 Å². The van der Waals surface area contributed by atoms with Crippen LogP contribution >= 0.6 is 0 Å². The van der Waals surface area contributed by atoms with Gasteiger partial charge < -0.3 is 16.2 Å². The maximum absolute atomic E-state index is 11.8. The molecule has 0 spiro atoms. The molecule has 0 saturated carbocycles. The summed E-state index contributed by atoms with van der Waals surface area (Å²) in [6.45, 7) is 1.69. The Kier molecular flexibility index (Phi) is 4.58. The van der Waals surface area contributed by atoms with Crippen LogP contribution in [-0.4, -0.2) is 17.0 Å². The molecule has 0 aromatic heterocycles. The van der Waals surface area contributed by atoms with Gasteiger partial charge in [0.15, 0.2) is 0 Å². The normalized spacial score (nSPS) is 11.5. The van der Waals surface area contributed by atoms with Crippen molar-refractivity contribution in [3.8, 4) is 0 Å². The van der Waals surface area contributed by atoms with Gasteiger partial charge in [-0.3, -0.25) is 4.79 Å². The molecule has 0 unspecified atom stereocenters. The van der Waals surface area contributed by atoms with Crippen molar-refractivity contribution >= 4 is 23.1 Å². The molecule has 2 aromatic rings. The molecular weight excluding hydrogens is 280 g/mol. The van der Waals surface area contributed by atoms with Gasteiger partial charge in [-0.1, -0.05) is 42.5 Å². The van der Waals surface area contributed by atoms with E-state index in [1.807, 2.05) is 6.07 Å². The monoisotopic (exact) mass is 296 g/mol. The number of amides is 1. The van der Waals surface area contributed by atoms with E-state index in [0.717, 1.165) is 0 Å². The second kappa shape index (κ2) is 6.58. The molecule has 5 nitrogen and oxygen atoms in total. The first kappa shape index (κ1) is 15.3. The predicted molar refractivity (Wildman–Crippen MR) is 85.3 cm³/mol. The minimum Gasteiger partial charge on any atom is -0.478 e. The van der Waals surface area contributed by atoms with E-state index in [1.54, 1.807) is 49.4 Å². The number of nitrogens with one attached hydrogen (secondary N) is 1. The van der Waals surface area contributed by atoms with Crippen LogP contribution in [0, 0.1) is 0 Å². The Hall–Kier alpha value is -3.08. The number of carboxylic acid groups (broad SMARTS) is 1. The molecule has 0 fully saturated rings. The SMILES string of the molecule is C/C(Nc1ccccc1C(=O)O)=C(/C(N)=O)c1ccccc1. The number of rotatable bonds is 5. The van der Waals surface area contributed by atoms with E-state index in [9.17, 15) is 14.7 Å². The van der Waals surface area contributed by atoms with Crippen molar-refractivity contribution < 1.29 is 14.7 Å². The van der Waals surface area contributed by atoms with Crippen LogP contribution in [0.1, 0.15) is 22.8 Å². The number of hydrogen-bond donors (Lipinski definition) is 3. The lowest BCUT2D eigenvalue weighted by Crippen LogP contribution is -2.17. The summed E-state index contributed by atoms with van der Waals surface area (Å²) in [5.41, 5.74) is 7.48. The molecule has 0 aliphatic heterocycles. The minimum absolute atomic E-state index is 0.124. The van der Waals surface area contributed by atoms with Crippen molar-refractivity contribution in [3.63, 3.8) is 0 Å². The van der Waals surface area contributed by atoms with E-state index in [2.05, 4.69) is 5.32 Å². The maximum atomic E-state index is 11.8. The molecule has 1 amide bonds. The van der Waals surface area contributed by atoms with Gasteiger partial charge in [0.2, 0.25) is 0 Å². The molecule has 0 aliphatic carbocycles. The summed E-state index contributed by atoms with van der Waals surface area (Å²) >= 11 is 0. The lowest BCUT2D eigenvalue weighted by atomic mass is 10.0. The van der Waals surface area contributed by atoms with Gasteiger partial charge in [0.25, 0.3) is 5.91 Å². The molecule has 22 heavy (non-hydrogen) atoms. The average molecular weight is 296 g/mol. The van der Waals surface area contributed by atoms with Crippen molar-refractivity contribution in [1.82, 2.24) is 0 Å². The van der Waals surface area contributed by atoms with Gasteiger partial charge in [-0.2, -0.15) is 0 Å². The van der Waals surface area contributed by atoms with Crippen LogP contribution in [0.2, 0.25) is 0 Å². The van der Waals surface area contributed by atoms with Crippen LogP contribution in [0.5, 0.6) is 0 Å². The highest BCUT2D eigenvalue weighted by Gasteiger charge is 2.14. The second-order valence-electron chi connectivity index (χ2n) is 4.71. The standard InChI is InChI=1S/C17H16N2O3/c1-11(15(16(18)20)12-7-3-2-4-8-12)19-14-10-6-5-9-13(14)17(21)22/h2-10,19H,1H3,(H2,18,20)(H,21,22)/b15-11-. The number of carboxylic acids is 1. The fourth-order valence-corrected chi connectivity index (χ4v) is 2.19. The molecule has 0 radical (unpaired) electrons. The number of hydrogen-bond acceptors (Lipinski definition) is 3. The predicted octanol–water partition coefficient (Wildman–Crippen LogP) is 2.71. The zero-order valence-corrected chi connectivity index (χ0v) is 12.0. The quantitative estimate of drug-likeness (QED) is 0.740. The van der Waals surface area contributed by atoms with Crippen LogP contribution < -0.4 is 11.1 Å². The van der Waals surface area contributed by atoms with E-state index in [4.69, 9.17) is 5.73 Å². The summed E-state index contributed by atoms with van der Waals surface area (Å²) in [5, 5.41) is 12.2. The van der Waals surface area contributed by atoms with Crippen LogP contribution in [0.25, 0.3) is 5.57 Å². The topological polar surface area (TPSA) is 92.4 Å². The lowest BCUT2D eigenvalue weighted by Gasteiger charge is -2.14. The van der Waals surface area contributed by atoms with Crippen LogP contribution in [0.3, 0.4) is 0 Å². The summed E-state index contributed by atoms with van der Waals surface area (Å²) in [5.74, 6) is -1.62. The highest BCUT2D eigenvalue weighted by atomic mass is 16.4. The van der Waals surface area contributed by atoms with E-state index in [-0.39, 0.29) is 5.56 Å². The maximum Gasteiger partial charge on any atom is 0.337 e. The summed E-state index contributed by atoms with van der Waals surface area (Å²) < 4.78 is 0. The number of aromatic carboxylic acids is 1. The Bertz CT molecular complexity index is 737. The van der Waals surface area contributed by atoms with Gasteiger partial charge in [-0.25, -0.2) is 4.79 Å². The molecular formula is C17H16N2O3. The lowest BCUT2D eigenvalue weighted by molar-refractivity contribution is -0.112. The highest BCUT2D eigenvalue weighted by molar-refractivity contribution is 6.20. The molecule has 0 heterocycles. The average Bonchev–Trinajstić information content (AvgIpc) is 2.48. The van der Waals surface area contributed by atoms with E-state index >= 15 is 0 Å². The number of primary amides is 1. The van der Waals surface area contributed by atoms with Crippen molar-refractivity contribution in [1.29, 1.82) is 0 Å². The molecule has 4 N–H and O–H groups in total. The first-order chi connectivity index (χ1) is 10.5. The largest absolute Gasteiger partial charge is 0.478 e. The zero-order chi connectivity index (χ0) is 16.1. The minimum atomic E-state index is -1.05.